The number of rotatable bonds is 9. The first-order valence-corrected chi connectivity index (χ1v) is 9.02. The van der Waals surface area contributed by atoms with Crippen molar-refractivity contribution in [1.29, 1.82) is 0 Å². The van der Waals surface area contributed by atoms with Crippen molar-refractivity contribution < 1.29 is 8.42 Å². The first-order chi connectivity index (χ1) is 9.96. The Morgan fingerprint density at radius 2 is 1.71 bits per heavy atom. The van der Waals surface area contributed by atoms with Crippen molar-refractivity contribution in [3.05, 3.63) is 18.2 Å². The molecular formula is C15H27N3O2S. The van der Waals surface area contributed by atoms with E-state index in [1.54, 1.807) is 6.07 Å². The molecule has 0 aliphatic rings. The minimum Gasteiger partial charge on any atom is -0.397 e. The summed E-state index contributed by atoms with van der Waals surface area (Å²) in [7, 11) is -2.05. The molecule has 0 saturated carbocycles. The van der Waals surface area contributed by atoms with Crippen LogP contribution in [-0.2, 0) is 10.0 Å². The van der Waals surface area contributed by atoms with Crippen LogP contribution in [0.3, 0.4) is 0 Å². The number of nitrogens with zero attached hydrogens (tertiary/aromatic N) is 1. The van der Waals surface area contributed by atoms with Crippen LogP contribution in [0.2, 0.25) is 0 Å². The zero-order valence-electron chi connectivity index (χ0n) is 13.2. The Morgan fingerprint density at radius 1 is 1.14 bits per heavy atom. The van der Waals surface area contributed by atoms with Crippen molar-refractivity contribution >= 4 is 21.4 Å². The number of hydrogen-bond acceptors (Lipinski definition) is 4. The van der Waals surface area contributed by atoms with Gasteiger partial charge in [-0.2, -0.15) is 0 Å². The minimum absolute atomic E-state index is 0.206. The van der Waals surface area contributed by atoms with E-state index in [-0.39, 0.29) is 4.90 Å². The summed E-state index contributed by atoms with van der Waals surface area (Å²) in [5, 5.41) is 0. The van der Waals surface area contributed by atoms with Crippen LogP contribution in [0.1, 0.15) is 39.5 Å². The summed E-state index contributed by atoms with van der Waals surface area (Å²) in [5.74, 6) is 0. The average Bonchev–Trinajstić information content (AvgIpc) is 2.48. The van der Waals surface area contributed by atoms with E-state index in [1.807, 2.05) is 6.07 Å². The predicted octanol–water partition coefficient (Wildman–Crippen LogP) is 2.58. The SMILES string of the molecule is CCCCN(CCCC)c1ccc(S(=O)(=O)NC)cc1N. The van der Waals surface area contributed by atoms with E-state index in [9.17, 15) is 8.42 Å². The van der Waals surface area contributed by atoms with Gasteiger partial charge in [0.25, 0.3) is 0 Å². The molecule has 0 radical (unpaired) electrons. The molecule has 0 atom stereocenters. The molecule has 0 aromatic heterocycles. The van der Waals surface area contributed by atoms with Crippen LogP contribution in [0.5, 0.6) is 0 Å². The molecule has 0 aliphatic heterocycles. The van der Waals surface area contributed by atoms with Crippen molar-refractivity contribution in [1.82, 2.24) is 4.72 Å². The number of sulfonamides is 1. The molecule has 3 N–H and O–H groups in total. The third kappa shape index (κ3) is 4.89. The fourth-order valence-corrected chi connectivity index (χ4v) is 2.92. The molecule has 0 amide bonds. The topological polar surface area (TPSA) is 75.4 Å². The van der Waals surface area contributed by atoms with Crippen LogP contribution in [0.25, 0.3) is 0 Å². The summed E-state index contributed by atoms with van der Waals surface area (Å²) in [5.41, 5.74) is 7.52. The number of nitrogen functional groups attached to an aromatic ring is 1. The highest BCUT2D eigenvalue weighted by Crippen LogP contribution is 2.27. The fraction of sp³-hybridized carbons (Fsp3) is 0.600. The van der Waals surface area contributed by atoms with Gasteiger partial charge in [0.15, 0.2) is 0 Å². The molecule has 1 rings (SSSR count). The number of unbranched alkanes of at least 4 members (excludes halogenated alkanes) is 2. The highest BCUT2D eigenvalue weighted by molar-refractivity contribution is 7.89. The second-order valence-corrected chi connectivity index (χ2v) is 7.01. The monoisotopic (exact) mass is 313 g/mol. The van der Waals surface area contributed by atoms with Crippen LogP contribution >= 0.6 is 0 Å². The Labute approximate surface area is 128 Å². The molecule has 0 spiro atoms. The summed E-state index contributed by atoms with van der Waals surface area (Å²) in [6.07, 6.45) is 4.43. The molecule has 0 fully saturated rings. The van der Waals surface area contributed by atoms with Gasteiger partial charge in [0.2, 0.25) is 10.0 Å². The molecule has 0 bridgehead atoms. The molecule has 1 aromatic rings. The van der Waals surface area contributed by atoms with Crippen molar-refractivity contribution in [3.8, 4) is 0 Å². The van der Waals surface area contributed by atoms with E-state index in [2.05, 4.69) is 23.5 Å². The van der Waals surface area contributed by atoms with Crippen molar-refractivity contribution in [2.24, 2.45) is 0 Å². The third-order valence-electron chi connectivity index (χ3n) is 3.48. The molecule has 0 heterocycles. The summed E-state index contributed by atoms with van der Waals surface area (Å²) < 4.78 is 25.9. The summed E-state index contributed by atoms with van der Waals surface area (Å²) in [6, 6.07) is 4.96. The van der Waals surface area contributed by atoms with Crippen LogP contribution in [-0.4, -0.2) is 28.6 Å². The normalized spacial score (nSPS) is 11.6. The third-order valence-corrected chi connectivity index (χ3v) is 4.89. The summed E-state index contributed by atoms with van der Waals surface area (Å²) in [4.78, 5) is 2.45. The second-order valence-electron chi connectivity index (χ2n) is 5.12. The van der Waals surface area contributed by atoms with Crippen LogP contribution in [0.15, 0.2) is 23.1 Å². The molecule has 0 unspecified atom stereocenters. The van der Waals surface area contributed by atoms with Gasteiger partial charge in [-0.15, -0.1) is 0 Å². The molecule has 120 valence electrons. The smallest absolute Gasteiger partial charge is 0.240 e. The Hall–Kier alpha value is -1.27. The highest BCUT2D eigenvalue weighted by atomic mass is 32.2. The number of nitrogens with one attached hydrogen (secondary N) is 1. The van der Waals surface area contributed by atoms with E-state index in [0.717, 1.165) is 44.5 Å². The first kappa shape index (κ1) is 17.8. The van der Waals surface area contributed by atoms with Gasteiger partial charge in [-0.05, 0) is 38.1 Å². The summed E-state index contributed by atoms with van der Waals surface area (Å²) >= 11 is 0. The van der Waals surface area contributed by atoms with Gasteiger partial charge >= 0.3 is 0 Å². The standard InChI is InChI=1S/C15H27N3O2S/c1-4-6-10-18(11-7-5-2)15-9-8-13(12-14(15)16)21(19,20)17-3/h8-9,12,17H,4-7,10-11,16H2,1-3H3. The van der Waals surface area contributed by atoms with Crippen LogP contribution in [0, 0.1) is 0 Å². The van der Waals surface area contributed by atoms with Gasteiger partial charge in [-0.3, -0.25) is 0 Å². The lowest BCUT2D eigenvalue weighted by molar-refractivity contribution is 0.588. The number of nitrogens with two attached hydrogens (primary N) is 1. The largest absolute Gasteiger partial charge is 0.397 e. The van der Waals surface area contributed by atoms with Crippen molar-refractivity contribution in [3.63, 3.8) is 0 Å². The zero-order chi connectivity index (χ0) is 15.9. The molecule has 5 nitrogen and oxygen atoms in total. The molecule has 1 aromatic carbocycles. The van der Waals surface area contributed by atoms with Crippen LogP contribution in [0.4, 0.5) is 11.4 Å². The Morgan fingerprint density at radius 3 is 2.14 bits per heavy atom. The minimum atomic E-state index is -3.45. The Bertz CT molecular complexity index is 536. The number of benzene rings is 1. The highest BCUT2D eigenvalue weighted by Gasteiger charge is 2.15. The lowest BCUT2D eigenvalue weighted by Crippen LogP contribution is -2.27. The van der Waals surface area contributed by atoms with E-state index >= 15 is 0 Å². The Kier molecular flexibility index (Phi) is 6.98. The van der Waals surface area contributed by atoms with E-state index < -0.39 is 10.0 Å². The molecule has 0 saturated heterocycles. The van der Waals surface area contributed by atoms with Crippen molar-refractivity contribution in [2.45, 2.75) is 44.4 Å². The van der Waals surface area contributed by atoms with Gasteiger partial charge in [0.05, 0.1) is 16.3 Å². The number of hydrogen-bond donors (Lipinski definition) is 2. The van der Waals surface area contributed by atoms with E-state index in [1.165, 1.54) is 13.1 Å². The van der Waals surface area contributed by atoms with Gasteiger partial charge in [0.1, 0.15) is 0 Å². The van der Waals surface area contributed by atoms with Crippen molar-refractivity contribution in [2.75, 3.05) is 30.8 Å². The zero-order valence-corrected chi connectivity index (χ0v) is 14.0. The maximum atomic E-state index is 11.8. The first-order valence-electron chi connectivity index (χ1n) is 7.54. The summed E-state index contributed by atoms with van der Waals surface area (Å²) in [6.45, 7) is 6.20. The van der Waals surface area contributed by atoms with Gasteiger partial charge < -0.3 is 10.6 Å². The molecule has 21 heavy (non-hydrogen) atoms. The van der Waals surface area contributed by atoms with Gasteiger partial charge in [-0.25, -0.2) is 13.1 Å². The van der Waals surface area contributed by atoms with Gasteiger partial charge in [0, 0.05) is 13.1 Å². The van der Waals surface area contributed by atoms with Gasteiger partial charge in [-0.1, -0.05) is 26.7 Å². The second kappa shape index (κ2) is 8.24. The van der Waals surface area contributed by atoms with E-state index in [4.69, 9.17) is 5.73 Å². The average molecular weight is 313 g/mol. The molecule has 6 heteroatoms. The van der Waals surface area contributed by atoms with Crippen LogP contribution < -0.4 is 15.4 Å². The quantitative estimate of drug-likeness (QED) is 0.687. The molecule has 0 aliphatic carbocycles. The van der Waals surface area contributed by atoms with E-state index in [0.29, 0.717) is 5.69 Å². The maximum absolute atomic E-state index is 11.8. The lowest BCUT2D eigenvalue weighted by atomic mass is 10.2. The number of anilines is 2. The lowest BCUT2D eigenvalue weighted by Gasteiger charge is -2.26. The fourth-order valence-electron chi connectivity index (χ4n) is 2.16. The predicted molar refractivity (Wildman–Crippen MR) is 89.1 cm³/mol. The molecular weight excluding hydrogens is 286 g/mol. The Balaban J connectivity index is 3.03. The maximum Gasteiger partial charge on any atom is 0.240 e.